The molecule has 3 aromatic carbocycles. The monoisotopic (exact) mass is 533 g/mol. The number of carbonyl (C=O) groups excluding carboxylic acids is 1. The zero-order valence-corrected chi connectivity index (χ0v) is 22.3. The van der Waals surface area contributed by atoms with Crippen molar-refractivity contribution in [3.05, 3.63) is 94.4 Å². The molecular formula is C27H23N3O3S3. The summed E-state index contributed by atoms with van der Waals surface area (Å²) in [5.74, 6) is -0.402. The van der Waals surface area contributed by atoms with Crippen LogP contribution >= 0.6 is 22.7 Å². The molecule has 2 aromatic heterocycles. The molecule has 6 nitrogen and oxygen atoms in total. The Labute approximate surface area is 217 Å². The molecule has 5 rings (SSSR count). The standard InChI is InChI=1S/C27H23N3O3S3/c1-16-12-14-19(15-13-16)36(32,33)30-21-9-5-4-8-20(21)25(31)29-27-24(17(2)18(3)34-27)26-28-22-10-6-7-11-23(22)35-26/h4-15,30H,1-3H3,(H,29,31). The van der Waals surface area contributed by atoms with E-state index in [1.165, 1.54) is 11.3 Å². The summed E-state index contributed by atoms with van der Waals surface area (Å²) in [5, 5.41) is 4.54. The van der Waals surface area contributed by atoms with Gasteiger partial charge < -0.3 is 5.32 Å². The molecule has 0 spiro atoms. The SMILES string of the molecule is Cc1ccc(S(=O)(=O)Nc2ccccc2C(=O)Nc2sc(C)c(C)c2-c2nc3ccccc3s2)cc1. The van der Waals surface area contributed by atoms with E-state index >= 15 is 0 Å². The smallest absolute Gasteiger partial charge is 0.261 e. The van der Waals surface area contributed by atoms with Crippen molar-refractivity contribution in [1.82, 2.24) is 4.98 Å². The summed E-state index contributed by atoms with van der Waals surface area (Å²) in [6.07, 6.45) is 0. The van der Waals surface area contributed by atoms with Crippen molar-refractivity contribution in [1.29, 1.82) is 0 Å². The van der Waals surface area contributed by atoms with Crippen molar-refractivity contribution in [3.8, 4) is 10.6 Å². The van der Waals surface area contributed by atoms with Gasteiger partial charge >= 0.3 is 0 Å². The molecule has 0 radical (unpaired) electrons. The Balaban J connectivity index is 1.47. The molecule has 1 amide bonds. The van der Waals surface area contributed by atoms with Gasteiger partial charge in [0.1, 0.15) is 10.0 Å². The minimum Gasteiger partial charge on any atom is -0.313 e. The Kier molecular flexibility index (Phi) is 6.38. The number of rotatable bonds is 6. The van der Waals surface area contributed by atoms with Gasteiger partial charge in [-0.3, -0.25) is 9.52 Å². The van der Waals surface area contributed by atoms with Gasteiger partial charge in [0, 0.05) is 10.4 Å². The van der Waals surface area contributed by atoms with Crippen molar-refractivity contribution in [3.63, 3.8) is 0 Å². The highest BCUT2D eigenvalue weighted by Gasteiger charge is 2.23. The highest BCUT2D eigenvalue weighted by Crippen LogP contribution is 2.43. The molecule has 0 aliphatic carbocycles. The van der Waals surface area contributed by atoms with Crippen LogP contribution in [0.4, 0.5) is 10.7 Å². The molecule has 0 saturated heterocycles. The molecule has 0 aliphatic heterocycles. The van der Waals surface area contributed by atoms with Crippen molar-refractivity contribution in [2.45, 2.75) is 25.7 Å². The van der Waals surface area contributed by atoms with Crippen LogP contribution in [0, 0.1) is 20.8 Å². The molecule has 2 heterocycles. The maximum absolute atomic E-state index is 13.4. The van der Waals surface area contributed by atoms with Gasteiger partial charge in [0.15, 0.2) is 0 Å². The number of aromatic nitrogens is 1. The molecule has 36 heavy (non-hydrogen) atoms. The third-order valence-corrected chi connectivity index (χ3v) is 9.43. The molecule has 0 fully saturated rings. The van der Waals surface area contributed by atoms with E-state index in [4.69, 9.17) is 4.98 Å². The van der Waals surface area contributed by atoms with Crippen LogP contribution in [0.1, 0.15) is 26.4 Å². The lowest BCUT2D eigenvalue weighted by atomic mass is 10.1. The highest BCUT2D eigenvalue weighted by molar-refractivity contribution is 7.92. The van der Waals surface area contributed by atoms with E-state index in [0.29, 0.717) is 5.00 Å². The predicted molar refractivity (Wildman–Crippen MR) is 149 cm³/mol. The van der Waals surface area contributed by atoms with E-state index < -0.39 is 15.9 Å². The first-order chi connectivity index (χ1) is 17.2. The number of nitrogens with zero attached hydrogens (tertiary/aromatic N) is 1. The molecule has 0 saturated carbocycles. The molecule has 9 heteroatoms. The molecule has 5 aromatic rings. The number of nitrogens with one attached hydrogen (secondary N) is 2. The summed E-state index contributed by atoms with van der Waals surface area (Å²) in [4.78, 5) is 19.4. The minimum absolute atomic E-state index is 0.130. The second kappa shape index (κ2) is 9.50. The molecule has 182 valence electrons. The number of benzene rings is 3. The summed E-state index contributed by atoms with van der Waals surface area (Å²) < 4.78 is 29.6. The molecule has 2 N–H and O–H groups in total. The van der Waals surface area contributed by atoms with E-state index in [1.807, 2.05) is 45.0 Å². The topological polar surface area (TPSA) is 88.2 Å². The number of para-hydroxylation sites is 2. The minimum atomic E-state index is -3.86. The van der Waals surface area contributed by atoms with Crippen molar-refractivity contribution < 1.29 is 13.2 Å². The second-order valence-corrected chi connectivity index (χ2v) is 12.3. The molecule has 0 atom stereocenters. The normalized spacial score (nSPS) is 11.5. The average molecular weight is 534 g/mol. The first-order valence-electron chi connectivity index (χ1n) is 11.2. The number of aryl methyl sites for hydroxylation is 2. The van der Waals surface area contributed by atoms with Crippen LogP contribution in [0.25, 0.3) is 20.8 Å². The molecule has 0 aliphatic rings. The van der Waals surface area contributed by atoms with Gasteiger partial charge in [-0.05, 0) is 62.7 Å². The van der Waals surface area contributed by atoms with Crippen LogP contribution in [-0.2, 0) is 10.0 Å². The lowest BCUT2D eigenvalue weighted by Crippen LogP contribution is -2.18. The largest absolute Gasteiger partial charge is 0.313 e. The van der Waals surface area contributed by atoms with Gasteiger partial charge in [0.05, 0.1) is 26.4 Å². The van der Waals surface area contributed by atoms with Crippen molar-refractivity contribution in [2.24, 2.45) is 0 Å². The van der Waals surface area contributed by atoms with Gasteiger partial charge in [-0.25, -0.2) is 13.4 Å². The fourth-order valence-electron chi connectivity index (χ4n) is 3.81. The van der Waals surface area contributed by atoms with Crippen molar-refractivity contribution >= 4 is 59.5 Å². The number of amides is 1. The molecular weight excluding hydrogens is 511 g/mol. The average Bonchev–Trinajstić information content (AvgIpc) is 3.39. The number of thiazole rings is 1. The van der Waals surface area contributed by atoms with Gasteiger partial charge in [-0.1, -0.05) is 42.0 Å². The Hall–Kier alpha value is -3.53. The number of hydrogen-bond acceptors (Lipinski definition) is 6. The molecule has 0 bridgehead atoms. The zero-order chi connectivity index (χ0) is 25.4. The van der Waals surface area contributed by atoms with Gasteiger partial charge in [0.25, 0.3) is 15.9 Å². The Morgan fingerprint density at radius 2 is 1.56 bits per heavy atom. The fourth-order valence-corrected chi connectivity index (χ4v) is 7.09. The van der Waals surface area contributed by atoms with Crippen LogP contribution in [0.2, 0.25) is 0 Å². The number of thiophene rings is 1. The number of hydrogen-bond donors (Lipinski definition) is 2. The first kappa shape index (κ1) is 24.2. The third kappa shape index (κ3) is 4.65. The van der Waals surface area contributed by atoms with E-state index in [1.54, 1.807) is 59.9 Å². The summed E-state index contributed by atoms with van der Waals surface area (Å²) >= 11 is 3.06. The lowest BCUT2D eigenvalue weighted by Gasteiger charge is -2.13. The maximum Gasteiger partial charge on any atom is 0.261 e. The van der Waals surface area contributed by atoms with E-state index in [-0.39, 0.29) is 16.1 Å². The maximum atomic E-state index is 13.4. The van der Waals surface area contributed by atoms with Gasteiger partial charge in [0.2, 0.25) is 0 Å². The summed E-state index contributed by atoms with van der Waals surface area (Å²) in [6, 6.07) is 21.1. The first-order valence-corrected chi connectivity index (χ1v) is 14.3. The number of anilines is 2. The molecule has 0 unspecified atom stereocenters. The quantitative estimate of drug-likeness (QED) is 0.246. The van der Waals surface area contributed by atoms with Crippen LogP contribution < -0.4 is 10.0 Å². The Morgan fingerprint density at radius 1 is 0.861 bits per heavy atom. The Bertz CT molecular complexity index is 1670. The summed E-state index contributed by atoms with van der Waals surface area (Å²) in [5.41, 5.74) is 4.26. The van der Waals surface area contributed by atoms with Crippen LogP contribution in [0.5, 0.6) is 0 Å². The second-order valence-electron chi connectivity index (χ2n) is 8.39. The fraction of sp³-hybridized carbons (Fsp3) is 0.111. The van der Waals surface area contributed by atoms with Crippen molar-refractivity contribution in [2.75, 3.05) is 10.0 Å². The Morgan fingerprint density at radius 3 is 2.31 bits per heavy atom. The van der Waals surface area contributed by atoms with Gasteiger partial charge in [-0.15, -0.1) is 22.7 Å². The summed E-state index contributed by atoms with van der Waals surface area (Å²) in [6.45, 7) is 5.92. The highest BCUT2D eigenvalue weighted by atomic mass is 32.2. The number of sulfonamides is 1. The lowest BCUT2D eigenvalue weighted by molar-refractivity contribution is 0.102. The van der Waals surface area contributed by atoms with Crippen LogP contribution in [-0.4, -0.2) is 19.3 Å². The van der Waals surface area contributed by atoms with Crippen LogP contribution in [0.3, 0.4) is 0 Å². The zero-order valence-electron chi connectivity index (χ0n) is 19.8. The van der Waals surface area contributed by atoms with Crippen LogP contribution in [0.15, 0.2) is 77.7 Å². The van der Waals surface area contributed by atoms with Gasteiger partial charge in [-0.2, -0.15) is 0 Å². The summed E-state index contributed by atoms with van der Waals surface area (Å²) in [7, 11) is -3.86. The number of carbonyl (C=O) groups is 1. The van der Waals surface area contributed by atoms with E-state index in [2.05, 4.69) is 10.0 Å². The van der Waals surface area contributed by atoms with E-state index in [9.17, 15) is 13.2 Å². The van der Waals surface area contributed by atoms with E-state index in [0.717, 1.165) is 36.8 Å². The number of fused-ring (bicyclic) bond motifs is 1. The predicted octanol–water partition coefficient (Wildman–Crippen LogP) is 7.00. The third-order valence-electron chi connectivity index (χ3n) is 5.87.